The highest BCUT2D eigenvalue weighted by atomic mass is 16.6. The Hall–Kier alpha value is -4.56. The second kappa shape index (κ2) is 11.5. The molecule has 214 valence electrons. The van der Waals surface area contributed by atoms with Crippen LogP contribution in [0.4, 0.5) is 11.4 Å². The van der Waals surface area contributed by atoms with Gasteiger partial charge in [0.05, 0.1) is 30.4 Å². The van der Waals surface area contributed by atoms with E-state index in [2.05, 4.69) is 15.2 Å². The predicted molar refractivity (Wildman–Crippen MR) is 146 cm³/mol. The maximum absolute atomic E-state index is 13.3. The zero-order chi connectivity index (χ0) is 28.3. The van der Waals surface area contributed by atoms with Crippen LogP contribution in [0.3, 0.4) is 0 Å². The summed E-state index contributed by atoms with van der Waals surface area (Å²) in [7, 11) is 0. The Kier molecular flexibility index (Phi) is 7.48. The number of anilines is 1. The first kappa shape index (κ1) is 26.7. The number of non-ortho nitro benzene ring substituents is 1. The average molecular weight is 565 g/mol. The van der Waals surface area contributed by atoms with Crippen molar-refractivity contribution in [1.82, 2.24) is 20.1 Å². The van der Waals surface area contributed by atoms with Crippen molar-refractivity contribution in [3.63, 3.8) is 0 Å². The highest BCUT2D eigenvalue weighted by Crippen LogP contribution is 2.32. The summed E-state index contributed by atoms with van der Waals surface area (Å²) < 4.78 is 21.5. The summed E-state index contributed by atoms with van der Waals surface area (Å²) in [5.74, 6) is 0.182. The van der Waals surface area contributed by atoms with Gasteiger partial charge in [-0.15, -0.1) is 0 Å². The van der Waals surface area contributed by atoms with E-state index in [1.165, 1.54) is 6.07 Å². The molecular formula is C27H28N6O8. The van der Waals surface area contributed by atoms with Gasteiger partial charge in [0.15, 0.2) is 5.52 Å². The SMILES string of the molecule is O=C(c1cc2ccc(OCCCN3CCOCC3)cc2oc1=O)N1CCN(c2ccc([N+](=O)[O-])c3nonc23)CC1. The van der Waals surface area contributed by atoms with Crippen LogP contribution in [0.15, 0.2) is 50.2 Å². The van der Waals surface area contributed by atoms with Gasteiger partial charge in [0.2, 0.25) is 5.52 Å². The van der Waals surface area contributed by atoms with Crippen molar-refractivity contribution in [1.29, 1.82) is 0 Å². The average Bonchev–Trinajstić information content (AvgIpc) is 3.49. The number of nitrogens with zero attached hydrogens (tertiary/aromatic N) is 6. The Labute approximate surface area is 233 Å². The van der Waals surface area contributed by atoms with E-state index in [4.69, 9.17) is 18.5 Å². The third-order valence-corrected chi connectivity index (χ3v) is 7.41. The number of morpholine rings is 1. The summed E-state index contributed by atoms with van der Waals surface area (Å²) >= 11 is 0. The molecule has 4 aromatic rings. The Balaban J connectivity index is 1.09. The van der Waals surface area contributed by atoms with Crippen LogP contribution in [0.1, 0.15) is 16.8 Å². The predicted octanol–water partition coefficient (Wildman–Crippen LogP) is 2.30. The van der Waals surface area contributed by atoms with Gasteiger partial charge in [-0.1, -0.05) is 0 Å². The molecule has 0 unspecified atom stereocenters. The minimum absolute atomic E-state index is 0.0384. The van der Waals surface area contributed by atoms with Gasteiger partial charge in [-0.2, -0.15) is 0 Å². The van der Waals surface area contributed by atoms with Crippen molar-refractivity contribution in [2.24, 2.45) is 0 Å². The van der Waals surface area contributed by atoms with E-state index >= 15 is 0 Å². The van der Waals surface area contributed by atoms with Crippen LogP contribution < -0.4 is 15.3 Å². The number of amides is 1. The van der Waals surface area contributed by atoms with E-state index in [1.807, 2.05) is 4.90 Å². The van der Waals surface area contributed by atoms with E-state index < -0.39 is 16.5 Å². The van der Waals surface area contributed by atoms with Crippen LogP contribution in [0.25, 0.3) is 22.0 Å². The molecule has 4 heterocycles. The number of fused-ring (bicyclic) bond motifs is 2. The van der Waals surface area contributed by atoms with E-state index in [0.29, 0.717) is 55.2 Å². The monoisotopic (exact) mass is 564 g/mol. The number of hydrogen-bond acceptors (Lipinski definition) is 12. The van der Waals surface area contributed by atoms with Gasteiger partial charge >= 0.3 is 11.3 Å². The van der Waals surface area contributed by atoms with Crippen LogP contribution in [-0.4, -0.2) is 96.6 Å². The molecule has 0 spiro atoms. The van der Waals surface area contributed by atoms with Gasteiger partial charge in [-0.25, -0.2) is 9.42 Å². The van der Waals surface area contributed by atoms with Gasteiger partial charge < -0.3 is 23.7 Å². The molecule has 14 heteroatoms. The number of aromatic nitrogens is 2. The van der Waals surface area contributed by atoms with Crippen molar-refractivity contribution in [2.45, 2.75) is 6.42 Å². The van der Waals surface area contributed by atoms with Crippen molar-refractivity contribution in [2.75, 3.05) is 70.5 Å². The topological polar surface area (TPSA) is 158 Å². The first-order valence-corrected chi connectivity index (χ1v) is 13.4. The molecule has 0 saturated carbocycles. The number of rotatable bonds is 8. The largest absolute Gasteiger partial charge is 0.493 e. The molecule has 6 rings (SSSR count). The Bertz CT molecular complexity index is 1640. The summed E-state index contributed by atoms with van der Waals surface area (Å²) in [4.78, 5) is 42.7. The number of hydrogen-bond donors (Lipinski definition) is 0. The maximum atomic E-state index is 13.3. The molecule has 2 aliphatic heterocycles. The van der Waals surface area contributed by atoms with Crippen molar-refractivity contribution in [3.05, 3.63) is 62.5 Å². The molecule has 14 nitrogen and oxygen atoms in total. The zero-order valence-electron chi connectivity index (χ0n) is 22.2. The van der Waals surface area contributed by atoms with Gasteiger partial charge in [0, 0.05) is 63.3 Å². The lowest BCUT2D eigenvalue weighted by molar-refractivity contribution is -0.383. The molecule has 2 aromatic carbocycles. The summed E-state index contributed by atoms with van der Waals surface area (Å²) in [5, 5.41) is 19.4. The van der Waals surface area contributed by atoms with Crippen LogP contribution in [0.5, 0.6) is 5.75 Å². The first-order chi connectivity index (χ1) is 20.0. The standard InChI is InChI=1S/C27H28N6O8/c34-26(32-9-7-31(8-10-32)21-4-5-22(33(36)37)25-24(21)28-41-29-25)20-16-18-2-3-19(17-23(18)40-27(20)35)39-13-1-6-30-11-14-38-15-12-30/h2-5,16-17H,1,6-15H2. The first-order valence-electron chi connectivity index (χ1n) is 13.4. The third-order valence-electron chi connectivity index (χ3n) is 7.41. The molecule has 0 aliphatic carbocycles. The molecule has 2 aliphatic rings. The smallest absolute Gasteiger partial charge is 0.349 e. The van der Waals surface area contributed by atoms with Crippen molar-refractivity contribution < 1.29 is 28.2 Å². The molecule has 2 fully saturated rings. The van der Waals surface area contributed by atoms with Gasteiger partial charge in [0.1, 0.15) is 16.9 Å². The normalized spacial score (nSPS) is 16.4. The lowest BCUT2D eigenvalue weighted by atomic mass is 10.1. The Morgan fingerprint density at radius 1 is 1.00 bits per heavy atom. The van der Waals surface area contributed by atoms with Crippen LogP contribution in [-0.2, 0) is 4.74 Å². The lowest BCUT2D eigenvalue weighted by Gasteiger charge is -2.35. The third kappa shape index (κ3) is 5.56. The minimum atomic E-state index is -0.708. The summed E-state index contributed by atoms with van der Waals surface area (Å²) in [6.07, 6.45) is 0.868. The molecule has 0 atom stereocenters. The second-order valence-electron chi connectivity index (χ2n) is 9.90. The van der Waals surface area contributed by atoms with Crippen LogP contribution >= 0.6 is 0 Å². The molecule has 2 saturated heterocycles. The summed E-state index contributed by atoms with van der Waals surface area (Å²) in [6, 6.07) is 9.76. The Morgan fingerprint density at radius 3 is 2.56 bits per heavy atom. The van der Waals surface area contributed by atoms with E-state index in [1.54, 1.807) is 35.2 Å². The zero-order valence-corrected chi connectivity index (χ0v) is 22.2. The highest BCUT2D eigenvalue weighted by Gasteiger charge is 2.28. The number of benzene rings is 2. The molecule has 2 aromatic heterocycles. The summed E-state index contributed by atoms with van der Waals surface area (Å²) in [5.41, 5.74) is 0.401. The Morgan fingerprint density at radius 2 is 1.78 bits per heavy atom. The quantitative estimate of drug-likeness (QED) is 0.133. The molecule has 0 N–H and O–H groups in total. The molecule has 41 heavy (non-hydrogen) atoms. The second-order valence-corrected chi connectivity index (χ2v) is 9.90. The fourth-order valence-corrected chi connectivity index (χ4v) is 5.20. The molecule has 0 bridgehead atoms. The number of nitro groups is 1. The van der Waals surface area contributed by atoms with E-state index in [9.17, 15) is 19.7 Å². The number of piperazine rings is 1. The van der Waals surface area contributed by atoms with Crippen LogP contribution in [0.2, 0.25) is 0 Å². The van der Waals surface area contributed by atoms with Gasteiger partial charge in [-0.3, -0.25) is 19.8 Å². The fourth-order valence-electron chi connectivity index (χ4n) is 5.20. The van der Waals surface area contributed by atoms with Crippen molar-refractivity contribution >= 4 is 39.3 Å². The molecule has 1 amide bonds. The number of carbonyl (C=O) groups excluding carboxylic acids is 1. The number of ether oxygens (including phenoxy) is 2. The highest BCUT2D eigenvalue weighted by molar-refractivity contribution is 5.97. The minimum Gasteiger partial charge on any atom is -0.493 e. The van der Waals surface area contributed by atoms with E-state index in [-0.39, 0.29) is 22.3 Å². The number of nitro benzene ring substituents is 1. The van der Waals surface area contributed by atoms with Crippen LogP contribution in [0, 0.1) is 10.1 Å². The van der Waals surface area contributed by atoms with Gasteiger partial charge in [0.25, 0.3) is 5.91 Å². The summed E-state index contributed by atoms with van der Waals surface area (Å²) in [6.45, 7) is 6.37. The lowest BCUT2D eigenvalue weighted by Crippen LogP contribution is -2.49. The molecule has 0 radical (unpaired) electrons. The maximum Gasteiger partial charge on any atom is 0.349 e. The van der Waals surface area contributed by atoms with Crippen molar-refractivity contribution in [3.8, 4) is 5.75 Å². The van der Waals surface area contributed by atoms with Gasteiger partial charge in [-0.05, 0) is 41.0 Å². The number of carbonyl (C=O) groups is 1. The van der Waals surface area contributed by atoms with E-state index in [0.717, 1.165) is 39.3 Å². The molecular weight excluding hydrogens is 536 g/mol. The fraction of sp³-hybridized carbons (Fsp3) is 0.407.